The van der Waals surface area contributed by atoms with Crippen molar-refractivity contribution in [1.29, 1.82) is 0 Å². The summed E-state index contributed by atoms with van der Waals surface area (Å²) in [5.41, 5.74) is 2.88. The number of piperazine rings is 1. The highest BCUT2D eigenvalue weighted by atomic mass is 32.2. The predicted molar refractivity (Wildman–Crippen MR) is 99.7 cm³/mol. The molecule has 1 unspecified atom stereocenters. The maximum atomic E-state index is 12.4. The smallest absolute Gasteiger partial charge is 0.217 e. The Labute approximate surface area is 155 Å². The highest BCUT2D eigenvalue weighted by Gasteiger charge is 2.41. The molecule has 1 saturated carbocycles. The summed E-state index contributed by atoms with van der Waals surface area (Å²) in [6.45, 7) is 6.20. The van der Waals surface area contributed by atoms with Crippen molar-refractivity contribution in [1.82, 2.24) is 14.1 Å². The van der Waals surface area contributed by atoms with Gasteiger partial charge in [0.1, 0.15) is 0 Å². The Hall–Kier alpha value is -1.13. The number of hydrogen-bond donors (Lipinski definition) is 0. The third-order valence-corrected chi connectivity index (χ3v) is 9.85. The predicted octanol–water partition coefficient (Wildman–Crippen LogP) is 0.474. The van der Waals surface area contributed by atoms with Crippen LogP contribution in [0, 0.1) is 13.8 Å². The molecule has 1 aromatic rings. The van der Waals surface area contributed by atoms with E-state index >= 15 is 0 Å². The van der Waals surface area contributed by atoms with E-state index in [0.29, 0.717) is 32.6 Å². The molecule has 0 N–H and O–H groups in total. The second-order valence-corrected chi connectivity index (χ2v) is 12.1. The van der Waals surface area contributed by atoms with Crippen LogP contribution in [0.25, 0.3) is 0 Å². The first-order valence-electron chi connectivity index (χ1n) is 9.19. The standard InChI is InChI=1S/C16H26N4O4S2/c1-12-16(13(2)20(17-12)14-5-10-25(21,22)11-14)18-6-8-19(9-7-18)26(23,24)15-3-4-15/h14-15H,3-11H2,1-2H3. The Kier molecular flexibility index (Phi) is 4.35. The molecule has 1 aromatic heterocycles. The maximum Gasteiger partial charge on any atom is 0.217 e. The van der Waals surface area contributed by atoms with Crippen LogP contribution in [0.1, 0.15) is 36.7 Å². The molecule has 1 atom stereocenters. The third-order valence-electron chi connectivity index (χ3n) is 5.70. The first-order valence-corrected chi connectivity index (χ1v) is 12.5. The van der Waals surface area contributed by atoms with Crippen molar-refractivity contribution in [3.05, 3.63) is 11.4 Å². The number of aromatic nitrogens is 2. The van der Waals surface area contributed by atoms with E-state index < -0.39 is 19.9 Å². The average molecular weight is 403 g/mol. The normalized spacial score (nSPS) is 27.2. The molecule has 3 fully saturated rings. The van der Waals surface area contributed by atoms with Crippen molar-refractivity contribution in [3.63, 3.8) is 0 Å². The van der Waals surface area contributed by atoms with E-state index in [4.69, 9.17) is 0 Å². The molecule has 10 heteroatoms. The maximum absolute atomic E-state index is 12.4. The minimum atomic E-state index is -3.12. The monoisotopic (exact) mass is 402 g/mol. The highest BCUT2D eigenvalue weighted by molar-refractivity contribution is 7.91. The van der Waals surface area contributed by atoms with Crippen LogP contribution in [0.5, 0.6) is 0 Å². The lowest BCUT2D eigenvalue weighted by Gasteiger charge is -2.35. The molecule has 146 valence electrons. The molecular formula is C16H26N4O4S2. The number of sulfone groups is 1. The number of hydrogen-bond acceptors (Lipinski definition) is 6. The van der Waals surface area contributed by atoms with Gasteiger partial charge < -0.3 is 4.90 Å². The number of anilines is 1. The first kappa shape index (κ1) is 18.2. The van der Waals surface area contributed by atoms with Crippen molar-refractivity contribution in [3.8, 4) is 0 Å². The van der Waals surface area contributed by atoms with Crippen molar-refractivity contribution in [2.24, 2.45) is 0 Å². The van der Waals surface area contributed by atoms with Gasteiger partial charge in [0.05, 0.1) is 39.9 Å². The van der Waals surface area contributed by atoms with Gasteiger partial charge in [-0.05, 0) is 33.1 Å². The fraction of sp³-hybridized carbons (Fsp3) is 0.812. The molecule has 26 heavy (non-hydrogen) atoms. The molecule has 1 aliphatic carbocycles. The van der Waals surface area contributed by atoms with Crippen molar-refractivity contribution in [2.75, 3.05) is 42.6 Å². The summed E-state index contributed by atoms with van der Waals surface area (Å²) in [6, 6.07) is -0.0935. The first-order chi connectivity index (χ1) is 12.2. The number of rotatable bonds is 4. The molecule has 2 aliphatic heterocycles. The second-order valence-electron chi connectivity index (χ2n) is 7.65. The molecule has 4 rings (SSSR count). The fourth-order valence-corrected chi connectivity index (χ4v) is 7.70. The summed E-state index contributed by atoms with van der Waals surface area (Å²) in [7, 11) is -6.08. The van der Waals surface area contributed by atoms with Crippen molar-refractivity contribution < 1.29 is 16.8 Å². The van der Waals surface area contributed by atoms with Gasteiger partial charge in [-0.1, -0.05) is 0 Å². The van der Waals surface area contributed by atoms with Gasteiger partial charge in [-0.25, -0.2) is 16.8 Å². The second kappa shape index (κ2) is 6.20. The molecule has 2 saturated heterocycles. The van der Waals surface area contributed by atoms with Crippen LogP contribution in [0.15, 0.2) is 0 Å². The molecule has 0 aromatic carbocycles. The van der Waals surface area contributed by atoms with E-state index in [9.17, 15) is 16.8 Å². The quantitative estimate of drug-likeness (QED) is 0.727. The van der Waals surface area contributed by atoms with E-state index in [1.54, 1.807) is 4.31 Å². The largest absolute Gasteiger partial charge is 0.366 e. The fourth-order valence-electron chi connectivity index (χ4n) is 4.18. The summed E-state index contributed by atoms with van der Waals surface area (Å²) in [5.74, 6) is 0.380. The molecule has 0 amide bonds. The van der Waals surface area contributed by atoms with Crippen LogP contribution < -0.4 is 4.90 Å². The molecule has 3 aliphatic rings. The Morgan fingerprint density at radius 2 is 1.69 bits per heavy atom. The topological polar surface area (TPSA) is 92.6 Å². The molecule has 0 spiro atoms. The number of aryl methyl sites for hydroxylation is 1. The van der Waals surface area contributed by atoms with Gasteiger partial charge in [0.2, 0.25) is 10.0 Å². The average Bonchev–Trinajstić information content (AvgIpc) is 3.32. The molecule has 0 radical (unpaired) electrons. The van der Waals surface area contributed by atoms with Gasteiger partial charge in [0.25, 0.3) is 0 Å². The number of sulfonamides is 1. The Morgan fingerprint density at radius 1 is 1.04 bits per heavy atom. The summed E-state index contributed by atoms with van der Waals surface area (Å²) in [5, 5.41) is 4.46. The molecule has 8 nitrogen and oxygen atoms in total. The van der Waals surface area contributed by atoms with E-state index in [1.807, 2.05) is 18.5 Å². The Balaban J connectivity index is 1.51. The zero-order valence-electron chi connectivity index (χ0n) is 15.3. The molecule has 0 bridgehead atoms. The van der Waals surface area contributed by atoms with Crippen LogP contribution in [-0.4, -0.2) is 73.9 Å². The SMILES string of the molecule is Cc1nn(C2CCS(=O)(=O)C2)c(C)c1N1CCN(S(=O)(=O)C2CC2)CC1. The van der Waals surface area contributed by atoms with Gasteiger partial charge in [0.15, 0.2) is 9.84 Å². The highest BCUT2D eigenvalue weighted by Crippen LogP contribution is 2.34. The van der Waals surface area contributed by atoms with Gasteiger partial charge in [-0.2, -0.15) is 9.40 Å². The minimum absolute atomic E-state index is 0.0935. The molecular weight excluding hydrogens is 376 g/mol. The van der Waals surface area contributed by atoms with Gasteiger partial charge >= 0.3 is 0 Å². The molecule has 3 heterocycles. The summed E-state index contributed by atoms with van der Waals surface area (Å²) in [4.78, 5) is 2.19. The lowest BCUT2D eigenvalue weighted by atomic mass is 10.2. The lowest BCUT2D eigenvalue weighted by molar-refractivity contribution is 0.383. The van der Waals surface area contributed by atoms with E-state index in [0.717, 1.165) is 29.9 Å². The van der Waals surface area contributed by atoms with Crippen LogP contribution in [-0.2, 0) is 19.9 Å². The lowest BCUT2D eigenvalue weighted by Crippen LogP contribution is -2.49. The van der Waals surface area contributed by atoms with Crippen LogP contribution in [0.4, 0.5) is 5.69 Å². The van der Waals surface area contributed by atoms with Crippen LogP contribution in [0.3, 0.4) is 0 Å². The number of nitrogens with zero attached hydrogens (tertiary/aromatic N) is 4. The zero-order valence-corrected chi connectivity index (χ0v) is 16.9. The Bertz CT molecular complexity index is 910. The Morgan fingerprint density at radius 3 is 2.23 bits per heavy atom. The van der Waals surface area contributed by atoms with Gasteiger partial charge in [0, 0.05) is 26.2 Å². The van der Waals surface area contributed by atoms with Crippen molar-refractivity contribution >= 4 is 25.5 Å². The van der Waals surface area contributed by atoms with Gasteiger partial charge in [-0.15, -0.1) is 0 Å². The van der Waals surface area contributed by atoms with E-state index in [1.165, 1.54) is 0 Å². The summed E-state index contributed by atoms with van der Waals surface area (Å²) >= 11 is 0. The third kappa shape index (κ3) is 3.16. The zero-order chi connectivity index (χ0) is 18.7. The van der Waals surface area contributed by atoms with E-state index in [-0.39, 0.29) is 22.8 Å². The van der Waals surface area contributed by atoms with Crippen LogP contribution in [0.2, 0.25) is 0 Å². The van der Waals surface area contributed by atoms with Gasteiger partial charge in [-0.3, -0.25) is 4.68 Å². The summed E-state index contributed by atoms with van der Waals surface area (Å²) in [6.07, 6.45) is 2.19. The summed E-state index contributed by atoms with van der Waals surface area (Å²) < 4.78 is 51.9. The van der Waals surface area contributed by atoms with Crippen LogP contribution >= 0.6 is 0 Å². The van der Waals surface area contributed by atoms with E-state index in [2.05, 4.69) is 10.00 Å². The van der Waals surface area contributed by atoms with Crippen molar-refractivity contribution in [2.45, 2.75) is 44.4 Å². The minimum Gasteiger partial charge on any atom is -0.366 e.